The highest BCUT2D eigenvalue weighted by molar-refractivity contribution is 5.93. The summed E-state index contributed by atoms with van der Waals surface area (Å²) < 4.78 is 11.3. The quantitative estimate of drug-likeness (QED) is 0.490. The molecule has 0 saturated heterocycles. The lowest BCUT2D eigenvalue weighted by Crippen LogP contribution is -2.19. The van der Waals surface area contributed by atoms with Gasteiger partial charge in [0.15, 0.2) is 0 Å². The fraction of sp³-hybridized carbons (Fsp3) is 0.217. The first-order chi connectivity index (χ1) is 15.0. The summed E-state index contributed by atoms with van der Waals surface area (Å²) in [6.07, 6.45) is 0. The third-order valence-electron chi connectivity index (χ3n) is 4.89. The molecular weight excluding hydrogens is 394 g/mol. The number of nitrogens with one attached hydrogen (secondary N) is 1. The highest BCUT2D eigenvalue weighted by Crippen LogP contribution is 2.33. The Morgan fingerprint density at radius 2 is 1.77 bits per heavy atom. The summed E-state index contributed by atoms with van der Waals surface area (Å²) in [7, 11) is 3.59. The van der Waals surface area contributed by atoms with Gasteiger partial charge in [0.2, 0.25) is 5.89 Å². The van der Waals surface area contributed by atoms with E-state index in [1.165, 1.54) is 0 Å². The molecule has 0 aliphatic heterocycles. The third-order valence-corrected chi connectivity index (χ3v) is 4.89. The van der Waals surface area contributed by atoms with Gasteiger partial charge in [0.1, 0.15) is 17.0 Å². The largest absolute Gasteiger partial charge is 0.419 e. The van der Waals surface area contributed by atoms with E-state index in [-0.39, 0.29) is 5.91 Å². The van der Waals surface area contributed by atoms with E-state index in [4.69, 9.17) is 8.94 Å². The maximum atomic E-state index is 11.7. The minimum atomic E-state index is -0.0998. The summed E-state index contributed by atoms with van der Waals surface area (Å²) in [6, 6.07) is 17.3. The van der Waals surface area contributed by atoms with E-state index in [9.17, 15) is 4.79 Å². The van der Waals surface area contributed by atoms with Crippen molar-refractivity contribution in [1.82, 2.24) is 25.6 Å². The lowest BCUT2D eigenvalue weighted by molar-refractivity contribution is 0.0963. The van der Waals surface area contributed by atoms with E-state index in [1.807, 2.05) is 68.6 Å². The van der Waals surface area contributed by atoms with Gasteiger partial charge >= 0.3 is 0 Å². The molecule has 158 valence electrons. The molecule has 2 aromatic carbocycles. The van der Waals surface area contributed by atoms with Gasteiger partial charge in [-0.05, 0) is 31.7 Å². The lowest BCUT2D eigenvalue weighted by atomic mass is 10.1. The molecule has 0 fully saturated rings. The SMILES string of the molecule is CNC(=O)c1ccc(CN(C)Cc2nnc(-c3c(-c4ccccc4)noc3C)o2)cc1. The molecule has 0 spiro atoms. The van der Waals surface area contributed by atoms with Gasteiger partial charge in [-0.15, -0.1) is 10.2 Å². The second-order valence-electron chi connectivity index (χ2n) is 7.28. The van der Waals surface area contributed by atoms with Crippen molar-refractivity contribution in [3.8, 4) is 22.7 Å². The van der Waals surface area contributed by atoms with Gasteiger partial charge < -0.3 is 14.3 Å². The van der Waals surface area contributed by atoms with Crippen molar-refractivity contribution in [3.63, 3.8) is 0 Å². The number of nitrogens with zero attached hydrogens (tertiary/aromatic N) is 4. The average Bonchev–Trinajstić information content (AvgIpc) is 3.40. The van der Waals surface area contributed by atoms with Crippen molar-refractivity contribution in [3.05, 3.63) is 77.4 Å². The van der Waals surface area contributed by atoms with Crippen LogP contribution in [0.4, 0.5) is 0 Å². The summed E-state index contributed by atoms with van der Waals surface area (Å²) in [4.78, 5) is 13.7. The molecule has 2 heterocycles. The molecule has 4 aromatic rings. The van der Waals surface area contributed by atoms with Crippen LogP contribution in [0.2, 0.25) is 0 Å². The van der Waals surface area contributed by atoms with Crippen LogP contribution in [0.3, 0.4) is 0 Å². The minimum absolute atomic E-state index is 0.0998. The maximum Gasteiger partial charge on any atom is 0.253 e. The van der Waals surface area contributed by atoms with Gasteiger partial charge in [-0.2, -0.15) is 0 Å². The zero-order chi connectivity index (χ0) is 21.8. The monoisotopic (exact) mass is 417 g/mol. The minimum Gasteiger partial charge on any atom is -0.419 e. The van der Waals surface area contributed by atoms with Crippen molar-refractivity contribution in [1.29, 1.82) is 0 Å². The number of hydrogen-bond acceptors (Lipinski definition) is 7. The normalized spacial score (nSPS) is 11.1. The Morgan fingerprint density at radius 1 is 1.03 bits per heavy atom. The topological polar surface area (TPSA) is 97.3 Å². The summed E-state index contributed by atoms with van der Waals surface area (Å²) >= 11 is 0. The summed E-state index contributed by atoms with van der Waals surface area (Å²) in [5.74, 6) is 1.41. The van der Waals surface area contributed by atoms with Crippen LogP contribution < -0.4 is 5.32 Å². The Morgan fingerprint density at radius 3 is 2.48 bits per heavy atom. The first kappa shape index (κ1) is 20.5. The highest BCUT2D eigenvalue weighted by atomic mass is 16.5. The number of aromatic nitrogens is 3. The van der Waals surface area contributed by atoms with Crippen molar-refractivity contribution in [2.45, 2.75) is 20.0 Å². The van der Waals surface area contributed by atoms with Crippen LogP contribution in [0.15, 0.2) is 63.5 Å². The Bertz CT molecular complexity index is 1170. The molecule has 0 aliphatic carbocycles. The van der Waals surface area contributed by atoms with Gasteiger partial charge in [0.05, 0.1) is 6.54 Å². The lowest BCUT2D eigenvalue weighted by Gasteiger charge is -2.14. The highest BCUT2D eigenvalue weighted by Gasteiger charge is 2.22. The van der Waals surface area contributed by atoms with Crippen LogP contribution >= 0.6 is 0 Å². The number of carbonyl (C=O) groups is 1. The standard InChI is InChI=1S/C23H23N5O3/c1-15-20(21(27-31-15)17-7-5-4-6-8-17)23-26-25-19(30-23)14-28(3)13-16-9-11-18(12-10-16)22(29)24-2/h4-12H,13-14H2,1-3H3,(H,24,29). The first-order valence-electron chi connectivity index (χ1n) is 9.89. The van der Waals surface area contributed by atoms with Crippen LogP contribution in [0, 0.1) is 6.92 Å². The molecule has 8 heteroatoms. The first-order valence-corrected chi connectivity index (χ1v) is 9.89. The zero-order valence-electron chi connectivity index (χ0n) is 17.6. The number of carbonyl (C=O) groups excluding carboxylic acids is 1. The maximum absolute atomic E-state index is 11.7. The molecule has 8 nitrogen and oxygen atoms in total. The second-order valence-corrected chi connectivity index (χ2v) is 7.28. The fourth-order valence-electron chi connectivity index (χ4n) is 3.34. The van der Waals surface area contributed by atoms with E-state index in [2.05, 4.69) is 25.6 Å². The molecule has 31 heavy (non-hydrogen) atoms. The summed E-state index contributed by atoms with van der Waals surface area (Å²) in [6.45, 7) is 2.98. The Balaban J connectivity index is 1.46. The average molecular weight is 417 g/mol. The van der Waals surface area contributed by atoms with Gasteiger partial charge in [-0.1, -0.05) is 47.6 Å². The van der Waals surface area contributed by atoms with E-state index in [0.717, 1.165) is 11.1 Å². The predicted molar refractivity (Wildman–Crippen MR) is 115 cm³/mol. The van der Waals surface area contributed by atoms with Crippen LogP contribution in [0.5, 0.6) is 0 Å². The Labute approximate surface area is 179 Å². The van der Waals surface area contributed by atoms with Crippen LogP contribution in [-0.2, 0) is 13.1 Å². The second kappa shape index (κ2) is 8.93. The van der Waals surface area contributed by atoms with Gasteiger partial charge in [-0.3, -0.25) is 9.69 Å². The molecule has 0 atom stereocenters. The molecule has 1 N–H and O–H groups in total. The van der Waals surface area contributed by atoms with Crippen LogP contribution in [0.1, 0.15) is 27.6 Å². The van der Waals surface area contributed by atoms with Crippen LogP contribution in [0.25, 0.3) is 22.7 Å². The summed E-state index contributed by atoms with van der Waals surface area (Å²) in [5, 5.41) is 15.2. The van der Waals surface area contributed by atoms with Gasteiger partial charge in [-0.25, -0.2) is 0 Å². The smallest absolute Gasteiger partial charge is 0.253 e. The number of benzene rings is 2. The Hall–Kier alpha value is -3.78. The van der Waals surface area contributed by atoms with E-state index < -0.39 is 0 Å². The molecule has 0 radical (unpaired) electrons. The number of rotatable bonds is 7. The predicted octanol–water partition coefficient (Wildman–Crippen LogP) is 3.69. The molecule has 4 rings (SSSR count). The molecular formula is C23H23N5O3. The van der Waals surface area contributed by atoms with Gasteiger partial charge in [0.25, 0.3) is 11.8 Å². The van der Waals surface area contributed by atoms with Crippen molar-refractivity contribution < 1.29 is 13.7 Å². The van der Waals surface area contributed by atoms with E-state index in [0.29, 0.717) is 47.5 Å². The van der Waals surface area contributed by atoms with Gasteiger partial charge in [0, 0.05) is 24.7 Å². The van der Waals surface area contributed by atoms with E-state index in [1.54, 1.807) is 7.05 Å². The van der Waals surface area contributed by atoms with Crippen molar-refractivity contribution in [2.75, 3.05) is 14.1 Å². The Kier molecular flexibility index (Phi) is 5.90. The molecule has 0 saturated carbocycles. The molecule has 0 aliphatic rings. The summed E-state index contributed by atoms with van der Waals surface area (Å²) in [5.41, 5.74) is 4.02. The third kappa shape index (κ3) is 4.54. The molecule has 2 aromatic heterocycles. The fourth-order valence-corrected chi connectivity index (χ4v) is 3.34. The number of amides is 1. The number of aryl methyl sites for hydroxylation is 1. The van der Waals surface area contributed by atoms with Crippen molar-refractivity contribution >= 4 is 5.91 Å². The van der Waals surface area contributed by atoms with Crippen LogP contribution in [-0.4, -0.2) is 40.3 Å². The zero-order valence-corrected chi connectivity index (χ0v) is 17.6. The number of hydrogen-bond donors (Lipinski definition) is 1. The molecule has 1 amide bonds. The molecule has 0 unspecified atom stereocenters. The van der Waals surface area contributed by atoms with Crippen molar-refractivity contribution in [2.24, 2.45) is 0 Å². The van der Waals surface area contributed by atoms with E-state index >= 15 is 0 Å². The molecule has 0 bridgehead atoms.